The fourth-order valence-electron chi connectivity index (χ4n) is 3.06. The van der Waals surface area contributed by atoms with Crippen LogP contribution in [-0.4, -0.2) is 18.5 Å². The summed E-state index contributed by atoms with van der Waals surface area (Å²) in [6, 6.07) is 9.81. The number of esters is 1. The average molecular weight is 357 g/mol. The van der Waals surface area contributed by atoms with Crippen molar-refractivity contribution in [3.05, 3.63) is 56.8 Å². The second-order valence-electron chi connectivity index (χ2n) is 6.69. The standard InChI is InChI=1S/C20H23NO3S/c1-13-7-8-17-16(9-13)10-18(25-17)20(23)24-12-19(22)21-11-15-6-4-3-5-14(15)2/h3-6,10,13H,7-9,11-12H2,1-2H3,(H,21,22)/t13-/m0/s1. The Morgan fingerprint density at radius 3 is 2.92 bits per heavy atom. The summed E-state index contributed by atoms with van der Waals surface area (Å²) in [4.78, 5) is 26.0. The molecule has 0 radical (unpaired) electrons. The van der Waals surface area contributed by atoms with Gasteiger partial charge in [-0.05, 0) is 54.9 Å². The molecule has 1 N–H and O–H groups in total. The van der Waals surface area contributed by atoms with E-state index in [0.29, 0.717) is 17.3 Å². The monoisotopic (exact) mass is 357 g/mol. The Hall–Kier alpha value is -2.14. The number of aryl methyl sites for hydroxylation is 2. The van der Waals surface area contributed by atoms with Gasteiger partial charge in [0.25, 0.3) is 5.91 Å². The average Bonchev–Trinajstić information content (AvgIpc) is 3.02. The molecular formula is C20H23NO3S. The van der Waals surface area contributed by atoms with E-state index in [4.69, 9.17) is 4.74 Å². The van der Waals surface area contributed by atoms with Crippen molar-refractivity contribution in [2.75, 3.05) is 6.61 Å². The first-order chi connectivity index (χ1) is 12.0. The van der Waals surface area contributed by atoms with Gasteiger partial charge in [-0.3, -0.25) is 4.79 Å². The van der Waals surface area contributed by atoms with Crippen LogP contribution in [0.3, 0.4) is 0 Å². The molecule has 0 saturated carbocycles. The lowest BCUT2D eigenvalue weighted by atomic mass is 9.90. The number of ether oxygens (including phenoxy) is 1. The Morgan fingerprint density at radius 1 is 1.32 bits per heavy atom. The summed E-state index contributed by atoms with van der Waals surface area (Å²) in [5.41, 5.74) is 3.44. The second-order valence-corrected chi connectivity index (χ2v) is 7.82. The molecule has 0 bridgehead atoms. The molecule has 5 heteroatoms. The van der Waals surface area contributed by atoms with Crippen molar-refractivity contribution in [2.45, 2.75) is 39.7 Å². The van der Waals surface area contributed by atoms with Gasteiger partial charge in [-0.15, -0.1) is 11.3 Å². The SMILES string of the molecule is Cc1ccccc1CNC(=O)COC(=O)c1cc2c(s1)CC[C@H](C)C2. The summed E-state index contributed by atoms with van der Waals surface area (Å²) in [6.45, 7) is 4.43. The maximum atomic E-state index is 12.2. The number of benzene rings is 1. The topological polar surface area (TPSA) is 55.4 Å². The van der Waals surface area contributed by atoms with Crippen molar-refractivity contribution in [1.29, 1.82) is 0 Å². The first-order valence-electron chi connectivity index (χ1n) is 8.63. The van der Waals surface area contributed by atoms with Gasteiger partial charge in [0.05, 0.1) is 0 Å². The zero-order chi connectivity index (χ0) is 17.8. The molecule has 1 aromatic heterocycles. The molecule has 3 rings (SSSR count). The molecule has 1 aliphatic carbocycles. The summed E-state index contributed by atoms with van der Waals surface area (Å²) >= 11 is 1.50. The number of fused-ring (bicyclic) bond motifs is 1. The molecule has 1 aromatic carbocycles. The van der Waals surface area contributed by atoms with E-state index in [1.165, 1.54) is 28.2 Å². The summed E-state index contributed by atoms with van der Waals surface area (Å²) in [6.07, 6.45) is 3.23. The van der Waals surface area contributed by atoms with Crippen LogP contribution < -0.4 is 5.32 Å². The molecule has 1 atom stereocenters. The number of rotatable bonds is 5. The molecule has 0 spiro atoms. The smallest absolute Gasteiger partial charge is 0.348 e. The minimum absolute atomic E-state index is 0.246. The lowest BCUT2D eigenvalue weighted by Crippen LogP contribution is -2.28. The van der Waals surface area contributed by atoms with Gasteiger partial charge in [-0.25, -0.2) is 4.79 Å². The molecule has 1 heterocycles. The van der Waals surface area contributed by atoms with Crippen LogP contribution in [0.25, 0.3) is 0 Å². The minimum Gasteiger partial charge on any atom is -0.451 e. The lowest BCUT2D eigenvalue weighted by molar-refractivity contribution is -0.124. The first kappa shape index (κ1) is 17.7. The maximum Gasteiger partial charge on any atom is 0.348 e. The number of carbonyl (C=O) groups is 2. The second kappa shape index (κ2) is 7.83. The van der Waals surface area contributed by atoms with Crippen molar-refractivity contribution in [2.24, 2.45) is 5.92 Å². The van der Waals surface area contributed by atoms with Gasteiger partial charge in [-0.2, -0.15) is 0 Å². The Kier molecular flexibility index (Phi) is 5.53. The van der Waals surface area contributed by atoms with Gasteiger partial charge >= 0.3 is 5.97 Å². The molecule has 1 amide bonds. The molecule has 1 aliphatic rings. The van der Waals surface area contributed by atoms with Gasteiger partial charge in [0.2, 0.25) is 0 Å². The van der Waals surface area contributed by atoms with Crippen LogP contribution in [0.4, 0.5) is 0 Å². The molecule has 0 unspecified atom stereocenters. The van der Waals surface area contributed by atoms with E-state index >= 15 is 0 Å². The predicted octanol–water partition coefficient (Wildman–Crippen LogP) is 3.65. The van der Waals surface area contributed by atoms with Crippen LogP contribution >= 0.6 is 11.3 Å². The number of hydrogen-bond donors (Lipinski definition) is 1. The number of amides is 1. The molecule has 0 aliphatic heterocycles. The van der Waals surface area contributed by atoms with Crippen molar-refractivity contribution >= 4 is 23.2 Å². The molecule has 4 nitrogen and oxygen atoms in total. The summed E-state index contributed by atoms with van der Waals surface area (Å²) in [5, 5.41) is 2.79. The van der Waals surface area contributed by atoms with Crippen molar-refractivity contribution < 1.29 is 14.3 Å². The highest BCUT2D eigenvalue weighted by atomic mass is 32.1. The van der Waals surface area contributed by atoms with E-state index in [9.17, 15) is 9.59 Å². The zero-order valence-electron chi connectivity index (χ0n) is 14.6. The molecule has 0 fully saturated rings. The molecule has 25 heavy (non-hydrogen) atoms. The van der Waals surface area contributed by atoms with E-state index in [1.54, 1.807) is 0 Å². The normalized spacial score (nSPS) is 16.2. The van der Waals surface area contributed by atoms with Crippen LogP contribution in [0.1, 0.15) is 44.6 Å². The van der Waals surface area contributed by atoms with Gasteiger partial charge in [0.15, 0.2) is 6.61 Å². The van der Waals surface area contributed by atoms with E-state index in [2.05, 4.69) is 12.2 Å². The Bertz CT molecular complexity index is 781. The van der Waals surface area contributed by atoms with Crippen molar-refractivity contribution in [3.8, 4) is 0 Å². The zero-order valence-corrected chi connectivity index (χ0v) is 15.4. The molecule has 0 saturated heterocycles. The van der Waals surface area contributed by atoms with Crippen molar-refractivity contribution in [3.63, 3.8) is 0 Å². The summed E-state index contributed by atoms with van der Waals surface area (Å²) in [5.74, 6) is -0.0252. The van der Waals surface area contributed by atoms with E-state index < -0.39 is 5.97 Å². The van der Waals surface area contributed by atoms with Gasteiger partial charge in [0, 0.05) is 11.4 Å². The van der Waals surface area contributed by atoms with Crippen LogP contribution in [-0.2, 0) is 28.9 Å². The fraction of sp³-hybridized carbons (Fsp3) is 0.400. The largest absolute Gasteiger partial charge is 0.451 e. The highest BCUT2D eigenvalue weighted by Crippen LogP contribution is 2.32. The predicted molar refractivity (Wildman–Crippen MR) is 98.8 cm³/mol. The fourth-order valence-corrected chi connectivity index (χ4v) is 4.16. The van der Waals surface area contributed by atoms with E-state index in [1.807, 2.05) is 37.3 Å². The van der Waals surface area contributed by atoms with Crippen molar-refractivity contribution in [1.82, 2.24) is 5.32 Å². The third kappa shape index (κ3) is 4.48. The van der Waals surface area contributed by atoms with Gasteiger partial charge in [0.1, 0.15) is 4.88 Å². The minimum atomic E-state index is -0.405. The summed E-state index contributed by atoms with van der Waals surface area (Å²) < 4.78 is 5.17. The van der Waals surface area contributed by atoms with E-state index in [-0.39, 0.29) is 12.5 Å². The Morgan fingerprint density at radius 2 is 2.12 bits per heavy atom. The van der Waals surface area contributed by atoms with Gasteiger partial charge in [-0.1, -0.05) is 31.2 Å². The summed E-state index contributed by atoms with van der Waals surface area (Å²) in [7, 11) is 0. The van der Waals surface area contributed by atoms with E-state index in [0.717, 1.165) is 24.0 Å². The van der Waals surface area contributed by atoms with Crippen LogP contribution in [0.5, 0.6) is 0 Å². The van der Waals surface area contributed by atoms with Crippen LogP contribution in [0.2, 0.25) is 0 Å². The van der Waals surface area contributed by atoms with Gasteiger partial charge < -0.3 is 10.1 Å². The van der Waals surface area contributed by atoms with Crippen LogP contribution in [0.15, 0.2) is 30.3 Å². The highest BCUT2D eigenvalue weighted by molar-refractivity contribution is 7.14. The molecular weight excluding hydrogens is 334 g/mol. The number of nitrogens with one attached hydrogen (secondary N) is 1. The third-order valence-corrected chi connectivity index (χ3v) is 5.82. The maximum absolute atomic E-state index is 12.2. The number of thiophene rings is 1. The molecule has 2 aromatic rings. The quantitative estimate of drug-likeness (QED) is 0.831. The highest BCUT2D eigenvalue weighted by Gasteiger charge is 2.21. The number of carbonyl (C=O) groups excluding carboxylic acids is 2. The van der Waals surface area contributed by atoms with Crippen LogP contribution in [0, 0.1) is 12.8 Å². The third-order valence-electron chi connectivity index (χ3n) is 4.60. The molecule has 132 valence electrons. The first-order valence-corrected chi connectivity index (χ1v) is 9.44. The Labute approximate surface area is 152 Å². The number of hydrogen-bond acceptors (Lipinski definition) is 4. The Balaban J connectivity index is 1.49. The lowest BCUT2D eigenvalue weighted by Gasteiger charge is -2.16.